The van der Waals surface area contributed by atoms with Gasteiger partial charge in [-0.05, 0) is 33.3 Å². The fraction of sp³-hybridized carbons (Fsp3) is 0.0667. The van der Waals surface area contributed by atoms with E-state index in [1.165, 1.54) is 21.5 Å². The summed E-state index contributed by atoms with van der Waals surface area (Å²) < 4.78 is 0. The SMILES string of the molecule is C[Si](Cl)(Cl)c1cccc2c1ccc1ccccc12. The molecule has 0 aliphatic rings. The Labute approximate surface area is 117 Å². The summed E-state index contributed by atoms with van der Waals surface area (Å²) in [7, 11) is 0. The fourth-order valence-corrected chi connectivity index (χ4v) is 4.49. The van der Waals surface area contributed by atoms with E-state index < -0.39 is 6.69 Å². The molecule has 0 heterocycles. The number of benzene rings is 3. The summed E-state index contributed by atoms with van der Waals surface area (Å²) in [4.78, 5) is 0. The number of hydrogen-bond acceptors (Lipinski definition) is 0. The Bertz CT molecular complexity index is 729. The van der Waals surface area contributed by atoms with E-state index in [2.05, 4.69) is 42.5 Å². The largest absolute Gasteiger partial charge is 0.278 e. The molecule has 0 spiro atoms. The summed E-state index contributed by atoms with van der Waals surface area (Å²) in [5.41, 5.74) is 0. The molecule has 90 valence electrons. The summed E-state index contributed by atoms with van der Waals surface area (Å²) in [6.07, 6.45) is 0. The molecule has 0 unspecified atom stereocenters. The van der Waals surface area contributed by atoms with Crippen LogP contribution < -0.4 is 5.19 Å². The number of hydrogen-bond donors (Lipinski definition) is 0. The van der Waals surface area contributed by atoms with Gasteiger partial charge in [0.1, 0.15) is 0 Å². The van der Waals surface area contributed by atoms with Crippen molar-refractivity contribution in [2.45, 2.75) is 6.55 Å². The van der Waals surface area contributed by atoms with Gasteiger partial charge >= 0.3 is 0 Å². The Morgan fingerprint density at radius 3 is 2.22 bits per heavy atom. The van der Waals surface area contributed by atoms with Crippen LogP contribution in [0.1, 0.15) is 0 Å². The fourth-order valence-electron chi connectivity index (χ4n) is 2.42. The molecule has 0 saturated carbocycles. The maximum atomic E-state index is 6.39. The van der Waals surface area contributed by atoms with Crippen LogP contribution in [0, 0.1) is 0 Å². The third-order valence-electron chi connectivity index (χ3n) is 3.26. The van der Waals surface area contributed by atoms with Crippen LogP contribution in [0.5, 0.6) is 0 Å². The van der Waals surface area contributed by atoms with Gasteiger partial charge in [0.05, 0.1) is 0 Å². The van der Waals surface area contributed by atoms with Crippen molar-refractivity contribution in [2.75, 3.05) is 0 Å². The number of rotatable bonds is 1. The zero-order valence-electron chi connectivity index (χ0n) is 9.95. The Morgan fingerprint density at radius 2 is 1.44 bits per heavy atom. The molecular formula is C15H12Cl2Si. The lowest BCUT2D eigenvalue weighted by molar-refractivity contribution is 1.78. The summed E-state index contributed by atoms with van der Waals surface area (Å²) >= 11 is 12.8. The van der Waals surface area contributed by atoms with E-state index in [0.717, 1.165) is 5.19 Å². The van der Waals surface area contributed by atoms with Crippen LogP contribution in [-0.4, -0.2) is 6.69 Å². The molecule has 0 aromatic heterocycles. The molecule has 0 bridgehead atoms. The van der Waals surface area contributed by atoms with E-state index in [-0.39, 0.29) is 0 Å². The lowest BCUT2D eigenvalue weighted by atomic mass is 10.0. The molecule has 0 radical (unpaired) electrons. The van der Waals surface area contributed by atoms with Gasteiger partial charge in [0.2, 0.25) is 0 Å². The van der Waals surface area contributed by atoms with Gasteiger partial charge in [-0.3, -0.25) is 0 Å². The molecule has 0 fully saturated rings. The Morgan fingerprint density at radius 1 is 0.722 bits per heavy atom. The second-order valence-corrected chi connectivity index (χ2v) is 12.0. The number of fused-ring (bicyclic) bond motifs is 3. The monoisotopic (exact) mass is 290 g/mol. The van der Waals surface area contributed by atoms with Gasteiger partial charge < -0.3 is 0 Å². The van der Waals surface area contributed by atoms with Gasteiger partial charge in [-0.1, -0.05) is 54.6 Å². The van der Waals surface area contributed by atoms with Gasteiger partial charge in [0.15, 0.2) is 0 Å². The van der Waals surface area contributed by atoms with E-state index in [4.69, 9.17) is 22.2 Å². The quantitative estimate of drug-likeness (QED) is 0.345. The van der Waals surface area contributed by atoms with Gasteiger partial charge in [-0.15, -0.1) is 22.2 Å². The van der Waals surface area contributed by atoms with Crippen LogP contribution in [0.15, 0.2) is 54.6 Å². The smallest absolute Gasteiger partial charge is 0.140 e. The molecule has 0 aliphatic heterocycles. The minimum Gasteiger partial charge on any atom is -0.140 e. The topological polar surface area (TPSA) is 0 Å². The molecule has 3 aromatic rings. The van der Waals surface area contributed by atoms with Gasteiger partial charge in [-0.25, -0.2) is 0 Å². The summed E-state index contributed by atoms with van der Waals surface area (Å²) in [5.74, 6) is 0. The maximum Gasteiger partial charge on any atom is 0.278 e. The summed E-state index contributed by atoms with van der Waals surface area (Å²) in [5, 5.41) is 5.99. The van der Waals surface area contributed by atoms with Crippen molar-refractivity contribution in [3.05, 3.63) is 54.6 Å². The molecule has 3 heteroatoms. The molecule has 0 nitrogen and oxygen atoms in total. The van der Waals surface area contributed by atoms with E-state index in [0.29, 0.717) is 0 Å². The normalized spacial score (nSPS) is 12.2. The first kappa shape index (κ1) is 12.0. The molecule has 0 amide bonds. The first-order chi connectivity index (χ1) is 8.57. The summed E-state index contributed by atoms with van der Waals surface area (Å²) in [6.45, 7) is -0.396. The van der Waals surface area contributed by atoms with Crippen molar-refractivity contribution < 1.29 is 0 Å². The Balaban J connectivity index is 2.48. The molecule has 0 N–H and O–H groups in total. The third kappa shape index (κ3) is 1.93. The molecule has 3 rings (SSSR count). The third-order valence-corrected chi connectivity index (χ3v) is 5.86. The zero-order valence-corrected chi connectivity index (χ0v) is 12.5. The molecule has 0 atom stereocenters. The average molecular weight is 291 g/mol. The highest BCUT2D eigenvalue weighted by Crippen LogP contribution is 2.27. The second-order valence-electron chi connectivity index (χ2n) is 4.58. The lowest BCUT2D eigenvalue weighted by Gasteiger charge is -2.15. The van der Waals surface area contributed by atoms with E-state index in [1.807, 2.05) is 18.7 Å². The lowest BCUT2D eigenvalue weighted by Crippen LogP contribution is -2.33. The van der Waals surface area contributed by atoms with E-state index in [9.17, 15) is 0 Å². The highest BCUT2D eigenvalue weighted by Gasteiger charge is 2.26. The van der Waals surface area contributed by atoms with Gasteiger partial charge in [0.25, 0.3) is 6.69 Å². The van der Waals surface area contributed by atoms with Crippen LogP contribution >= 0.6 is 22.2 Å². The number of halogens is 2. The van der Waals surface area contributed by atoms with Crippen LogP contribution in [0.2, 0.25) is 6.55 Å². The van der Waals surface area contributed by atoms with Gasteiger partial charge in [-0.2, -0.15) is 0 Å². The Kier molecular flexibility index (Phi) is 2.85. The minimum atomic E-state index is -2.34. The highest BCUT2D eigenvalue weighted by molar-refractivity contribution is 7.50. The van der Waals surface area contributed by atoms with Crippen molar-refractivity contribution >= 4 is 55.6 Å². The standard InChI is InChI=1S/C15H12Cl2Si/c1-18(16,17)15-8-4-7-13-12-6-3-2-5-11(12)9-10-14(13)15/h2-10H,1H3. The first-order valence-corrected chi connectivity index (χ1v) is 10.4. The minimum absolute atomic E-state index is 1.09. The van der Waals surface area contributed by atoms with Crippen molar-refractivity contribution in [3.8, 4) is 0 Å². The van der Waals surface area contributed by atoms with E-state index >= 15 is 0 Å². The molecule has 3 aromatic carbocycles. The molecular weight excluding hydrogens is 279 g/mol. The van der Waals surface area contributed by atoms with Crippen molar-refractivity contribution in [1.82, 2.24) is 0 Å². The average Bonchev–Trinajstić information content (AvgIpc) is 2.36. The van der Waals surface area contributed by atoms with Crippen LogP contribution in [-0.2, 0) is 0 Å². The highest BCUT2D eigenvalue weighted by atomic mass is 35.7. The zero-order chi connectivity index (χ0) is 12.8. The van der Waals surface area contributed by atoms with Crippen molar-refractivity contribution in [3.63, 3.8) is 0 Å². The second kappa shape index (κ2) is 4.27. The van der Waals surface area contributed by atoms with Crippen molar-refractivity contribution in [1.29, 1.82) is 0 Å². The molecule has 0 saturated heterocycles. The molecule has 18 heavy (non-hydrogen) atoms. The molecule has 0 aliphatic carbocycles. The predicted molar refractivity (Wildman–Crippen MR) is 84.4 cm³/mol. The van der Waals surface area contributed by atoms with Crippen LogP contribution in [0.25, 0.3) is 21.5 Å². The summed E-state index contributed by atoms with van der Waals surface area (Å²) in [6, 6.07) is 18.9. The predicted octanol–water partition coefficient (Wildman–Crippen LogP) is 4.75. The van der Waals surface area contributed by atoms with E-state index in [1.54, 1.807) is 0 Å². The van der Waals surface area contributed by atoms with Crippen LogP contribution in [0.4, 0.5) is 0 Å². The Hall–Kier alpha value is -1.02. The van der Waals surface area contributed by atoms with Crippen molar-refractivity contribution in [2.24, 2.45) is 0 Å². The first-order valence-electron chi connectivity index (χ1n) is 5.86. The van der Waals surface area contributed by atoms with Gasteiger partial charge in [0, 0.05) is 0 Å². The maximum absolute atomic E-state index is 6.39. The van der Waals surface area contributed by atoms with Crippen LogP contribution in [0.3, 0.4) is 0 Å².